The van der Waals surface area contributed by atoms with Crippen molar-refractivity contribution in [3.05, 3.63) is 48.3 Å². The number of amides is 1. The standard InChI is InChI=1S/C16H16N2O3/c19-15(18-12-6-11(7-12)16(20)21)14-9-17-8-13(14)10-4-2-1-3-5-10/h1-5,8-9,11-12,17H,6-7H2,(H,18,19)(H,20,21). The van der Waals surface area contributed by atoms with Gasteiger partial charge in [0, 0.05) is 24.0 Å². The molecule has 0 radical (unpaired) electrons. The lowest BCUT2D eigenvalue weighted by atomic mass is 9.80. The molecule has 0 unspecified atom stereocenters. The number of carbonyl (C=O) groups excluding carboxylic acids is 1. The van der Waals surface area contributed by atoms with Crippen LogP contribution in [0.15, 0.2) is 42.7 Å². The number of aromatic nitrogens is 1. The number of hydrogen-bond donors (Lipinski definition) is 3. The first kappa shape index (κ1) is 13.4. The van der Waals surface area contributed by atoms with Crippen LogP contribution in [0.2, 0.25) is 0 Å². The van der Waals surface area contributed by atoms with Crippen LogP contribution in [0.1, 0.15) is 23.2 Å². The van der Waals surface area contributed by atoms with Gasteiger partial charge < -0.3 is 15.4 Å². The van der Waals surface area contributed by atoms with Gasteiger partial charge in [-0.2, -0.15) is 0 Å². The topological polar surface area (TPSA) is 82.2 Å². The van der Waals surface area contributed by atoms with E-state index < -0.39 is 5.97 Å². The molecular formula is C16H16N2O3. The van der Waals surface area contributed by atoms with Gasteiger partial charge in [0.1, 0.15) is 0 Å². The molecule has 1 aliphatic rings. The van der Waals surface area contributed by atoms with E-state index in [2.05, 4.69) is 10.3 Å². The van der Waals surface area contributed by atoms with Crippen LogP contribution in [0.3, 0.4) is 0 Å². The summed E-state index contributed by atoms with van der Waals surface area (Å²) in [5.41, 5.74) is 2.41. The lowest BCUT2D eigenvalue weighted by molar-refractivity contribution is -0.145. The Morgan fingerprint density at radius 3 is 2.52 bits per heavy atom. The number of benzene rings is 1. The Kier molecular flexibility index (Phi) is 3.48. The van der Waals surface area contributed by atoms with Gasteiger partial charge in [-0.1, -0.05) is 30.3 Å². The van der Waals surface area contributed by atoms with Crippen LogP contribution in [-0.4, -0.2) is 28.0 Å². The highest BCUT2D eigenvalue weighted by Crippen LogP contribution is 2.29. The molecule has 1 amide bonds. The number of hydrogen-bond acceptors (Lipinski definition) is 2. The molecule has 1 heterocycles. The highest BCUT2D eigenvalue weighted by molar-refractivity contribution is 6.01. The van der Waals surface area contributed by atoms with Crippen LogP contribution in [-0.2, 0) is 4.79 Å². The Morgan fingerprint density at radius 1 is 1.14 bits per heavy atom. The van der Waals surface area contributed by atoms with Crippen molar-refractivity contribution in [3.63, 3.8) is 0 Å². The smallest absolute Gasteiger partial charge is 0.306 e. The third kappa shape index (κ3) is 2.67. The second-order valence-electron chi connectivity index (χ2n) is 5.33. The zero-order valence-corrected chi connectivity index (χ0v) is 11.4. The number of aliphatic carboxylic acids is 1. The summed E-state index contributed by atoms with van der Waals surface area (Å²) >= 11 is 0. The minimum Gasteiger partial charge on any atom is -0.481 e. The first-order chi connectivity index (χ1) is 10.1. The molecule has 1 aromatic heterocycles. The molecule has 108 valence electrons. The van der Waals surface area contributed by atoms with Gasteiger partial charge in [-0.05, 0) is 18.4 Å². The van der Waals surface area contributed by atoms with Gasteiger partial charge in [-0.25, -0.2) is 0 Å². The predicted molar refractivity (Wildman–Crippen MR) is 77.8 cm³/mol. The minimum atomic E-state index is -0.785. The summed E-state index contributed by atoms with van der Waals surface area (Å²) in [5, 5.41) is 11.7. The fraction of sp³-hybridized carbons (Fsp3) is 0.250. The van der Waals surface area contributed by atoms with Crippen LogP contribution in [0.25, 0.3) is 11.1 Å². The second kappa shape index (κ2) is 5.44. The van der Waals surface area contributed by atoms with E-state index in [0.29, 0.717) is 18.4 Å². The monoisotopic (exact) mass is 284 g/mol. The van der Waals surface area contributed by atoms with Crippen molar-refractivity contribution >= 4 is 11.9 Å². The van der Waals surface area contributed by atoms with Crippen LogP contribution in [0.4, 0.5) is 0 Å². The third-order valence-corrected chi connectivity index (χ3v) is 3.90. The Balaban J connectivity index is 1.70. The van der Waals surface area contributed by atoms with Crippen molar-refractivity contribution < 1.29 is 14.7 Å². The van der Waals surface area contributed by atoms with E-state index in [0.717, 1.165) is 11.1 Å². The molecule has 0 bridgehead atoms. The first-order valence-electron chi connectivity index (χ1n) is 6.91. The molecule has 5 nitrogen and oxygen atoms in total. The van der Waals surface area contributed by atoms with Crippen LogP contribution < -0.4 is 5.32 Å². The summed E-state index contributed by atoms with van der Waals surface area (Å²) in [6, 6.07) is 9.63. The molecule has 0 aliphatic heterocycles. The molecule has 2 aromatic rings. The molecule has 1 aromatic carbocycles. The molecule has 3 rings (SSSR count). The van der Waals surface area contributed by atoms with Crippen molar-refractivity contribution in [2.45, 2.75) is 18.9 Å². The summed E-state index contributed by atoms with van der Waals surface area (Å²) in [6.45, 7) is 0. The summed E-state index contributed by atoms with van der Waals surface area (Å²) in [4.78, 5) is 26.0. The zero-order chi connectivity index (χ0) is 14.8. The second-order valence-corrected chi connectivity index (χ2v) is 5.33. The predicted octanol–water partition coefficient (Wildman–Crippen LogP) is 2.27. The zero-order valence-electron chi connectivity index (χ0n) is 11.4. The summed E-state index contributed by atoms with van der Waals surface area (Å²) in [5.74, 6) is -1.27. The van der Waals surface area contributed by atoms with Gasteiger partial charge in [0.25, 0.3) is 5.91 Å². The van der Waals surface area contributed by atoms with Crippen molar-refractivity contribution in [3.8, 4) is 11.1 Å². The average Bonchev–Trinajstić information content (AvgIpc) is 2.92. The van der Waals surface area contributed by atoms with E-state index >= 15 is 0 Å². The number of carboxylic acid groups (broad SMARTS) is 1. The fourth-order valence-corrected chi connectivity index (χ4v) is 2.61. The normalized spacial score (nSPS) is 20.6. The lowest BCUT2D eigenvalue weighted by Gasteiger charge is -2.32. The molecule has 0 saturated heterocycles. The van der Waals surface area contributed by atoms with Gasteiger partial charge in [-0.15, -0.1) is 0 Å². The number of carboxylic acids is 1. The van der Waals surface area contributed by atoms with Gasteiger partial charge in [0.15, 0.2) is 0 Å². The van der Waals surface area contributed by atoms with Crippen LogP contribution >= 0.6 is 0 Å². The number of H-pyrrole nitrogens is 1. The molecule has 5 heteroatoms. The summed E-state index contributed by atoms with van der Waals surface area (Å²) in [7, 11) is 0. The average molecular weight is 284 g/mol. The molecule has 21 heavy (non-hydrogen) atoms. The lowest BCUT2D eigenvalue weighted by Crippen LogP contribution is -2.46. The third-order valence-electron chi connectivity index (χ3n) is 3.90. The Morgan fingerprint density at radius 2 is 1.86 bits per heavy atom. The molecule has 3 N–H and O–H groups in total. The number of aromatic amines is 1. The highest BCUT2D eigenvalue weighted by Gasteiger charge is 2.35. The van der Waals surface area contributed by atoms with E-state index in [1.807, 2.05) is 30.3 Å². The van der Waals surface area contributed by atoms with Gasteiger partial charge in [0.05, 0.1) is 11.5 Å². The molecule has 0 spiro atoms. The highest BCUT2D eigenvalue weighted by atomic mass is 16.4. The van der Waals surface area contributed by atoms with Crippen molar-refractivity contribution in [2.75, 3.05) is 0 Å². The van der Waals surface area contributed by atoms with E-state index in [1.165, 1.54) is 0 Å². The minimum absolute atomic E-state index is 0.0443. The number of rotatable bonds is 4. The number of carbonyl (C=O) groups is 2. The van der Waals surface area contributed by atoms with Crippen molar-refractivity contribution in [1.29, 1.82) is 0 Å². The molecule has 1 saturated carbocycles. The molecular weight excluding hydrogens is 268 g/mol. The maximum atomic E-state index is 12.3. The van der Waals surface area contributed by atoms with Crippen molar-refractivity contribution in [2.24, 2.45) is 5.92 Å². The van der Waals surface area contributed by atoms with E-state index in [4.69, 9.17) is 5.11 Å². The fourth-order valence-electron chi connectivity index (χ4n) is 2.61. The largest absolute Gasteiger partial charge is 0.481 e. The summed E-state index contributed by atoms with van der Waals surface area (Å²) < 4.78 is 0. The Labute approximate surface area is 122 Å². The maximum absolute atomic E-state index is 12.3. The maximum Gasteiger partial charge on any atom is 0.306 e. The molecule has 1 aliphatic carbocycles. The van der Waals surface area contributed by atoms with Crippen LogP contribution in [0, 0.1) is 5.92 Å². The Hall–Kier alpha value is -2.56. The van der Waals surface area contributed by atoms with Gasteiger partial charge in [0.2, 0.25) is 0 Å². The molecule has 0 atom stereocenters. The van der Waals surface area contributed by atoms with E-state index in [9.17, 15) is 9.59 Å². The quantitative estimate of drug-likeness (QED) is 0.805. The van der Waals surface area contributed by atoms with Crippen LogP contribution in [0.5, 0.6) is 0 Å². The molecule has 1 fully saturated rings. The Bertz CT molecular complexity index is 657. The summed E-state index contributed by atoms with van der Waals surface area (Å²) in [6.07, 6.45) is 4.48. The van der Waals surface area contributed by atoms with Gasteiger partial charge in [-0.3, -0.25) is 9.59 Å². The van der Waals surface area contributed by atoms with Gasteiger partial charge >= 0.3 is 5.97 Å². The first-order valence-corrected chi connectivity index (χ1v) is 6.91. The van der Waals surface area contributed by atoms with E-state index in [-0.39, 0.29) is 17.9 Å². The number of nitrogens with one attached hydrogen (secondary N) is 2. The van der Waals surface area contributed by atoms with Crippen molar-refractivity contribution in [1.82, 2.24) is 10.3 Å². The SMILES string of the molecule is O=C(NC1CC(C(=O)O)C1)c1c[nH]cc1-c1ccccc1. The van der Waals surface area contributed by atoms with E-state index in [1.54, 1.807) is 12.4 Å².